The highest BCUT2D eigenvalue weighted by atomic mass is 16.5. The monoisotopic (exact) mass is 464 g/mol. The molecule has 2 aliphatic carbocycles. The van der Waals surface area contributed by atoms with E-state index in [1.54, 1.807) is 0 Å². The lowest BCUT2D eigenvalue weighted by molar-refractivity contribution is -0.142. The van der Waals surface area contributed by atoms with Crippen molar-refractivity contribution in [2.24, 2.45) is 5.92 Å². The Morgan fingerprint density at radius 1 is 1.03 bits per heavy atom. The maximum Gasteiger partial charge on any atom is 0.407 e. The van der Waals surface area contributed by atoms with Gasteiger partial charge in [0.05, 0.1) is 5.92 Å². The summed E-state index contributed by atoms with van der Waals surface area (Å²) < 4.78 is 5.61. The van der Waals surface area contributed by atoms with Crippen LogP contribution in [0.4, 0.5) is 4.79 Å². The van der Waals surface area contributed by atoms with Gasteiger partial charge in [0.15, 0.2) is 0 Å². The van der Waals surface area contributed by atoms with Crippen molar-refractivity contribution in [1.82, 2.24) is 10.6 Å². The zero-order valence-electron chi connectivity index (χ0n) is 19.5. The number of alkyl carbamates (subject to hydrolysis) is 1. The molecule has 1 fully saturated rings. The average Bonchev–Trinajstić information content (AvgIpc) is 3.43. The van der Waals surface area contributed by atoms with Crippen LogP contribution in [-0.4, -0.2) is 41.8 Å². The first kappa shape index (κ1) is 23.8. The quantitative estimate of drug-likeness (QED) is 0.508. The first-order chi connectivity index (χ1) is 16.5. The summed E-state index contributed by atoms with van der Waals surface area (Å²) in [6.07, 6.45) is 2.97. The van der Waals surface area contributed by atoms with Gasteiger partial charge in [0.1, 0.15) is 6.61 Å². The van der Waals surface area contributed by atoms with Gasteiger partial charge in [0, 0.05) is 24.4 Å². The molecule has 4 rings (SSSR count). The van der Waals surface area contributed by atoms with E-state index >= 15 is 0 Å². The van der Waals surface area contributed by atoms with Crippen molar-refractivity contribution < 1.29 is 24.2 Å². The van der Waals surface area contributed by atoms with E-state index in [0.717, 1.165) is 17.5 Å². The molecule has 3 atom stereocenters. The van der Waals surface area contributed by atoms with Gasteiger partial charge in [-0.05, 0) is 47.9 Å². The number of carbonyl (C=O) groups excluding carboxylic acids is 2. The number of amides is 2. The second-order valence-corrected chi connectivity index (χ2v) is 9.16. The van der Waals surface area contributed by atoms with Gasteiger partial charge in [0.2, 0.25) is 5.91 Å². The minimum Gasteiger partial charge on any atom is -0.481 e. The van der Waals surface area contributed by atoms with Gasteiger partial charge < -0.3 is 20.5 Å². The minimum absolute atomic E-state index is 0.00223. The van der Waals surface area contributed by atoms with Crippen LogP contribution in [0.15, 0.2) is 48.5 Å². The molecule has 2 aromatic rings. The molecule has 7 heteroatoms. The van der Waals surface area contributed by atoms with Crippen LogP contribution in [-0.2, 0) is 14.3 Å². The van der Waals surface area contributed by atoms with Crippen molar-refractivity contribution >= 4 is 18.0 Å². The number of aliphatic carboxylic acids is 1. The molecule has 7 nitrogen and oxygen atoms in total. The smallest absolute Gasteiger partial charge is 0.407 e. The van der Waals surface area contributed by atoms with Gasteiger partial charge in [-0.3, -0.25) is 9.59 Å². The molecule has 0 aromatic heterocycles. The number of nitrogens with one attached hydrogen (secondary N) is 2. The molecule has 1 saturated carbocycles. The van der Waals surface area contributed by atoms with Crippen LogP contribution in [0.5, 0.6) is 0 Å². The fourth-order valence-electron chi connectivity index (χ4n) is 5.20. The number of hydrogen-bond donors (Lipinski definition) is 3. The maximum atomic E-state index is 12.5. The molecular formula is C27H32N2O5. The third-order valence-corrected chi connectivity index (χ3v) is 7.06. The Balaban J connectivity index is 1.26. The van der Waals surface area contributed by atoms with Crippen LogP contribution in [0, 0.1) is 5.92 Å². The topological polar surface area (TPSA) is 105 Å². The molecular weight excluding hydrogens is 432 g/mol. The number of fused-ring (bicyclic) bond motifs is 3. The van der Waals surface area contributed by atoms with Crippen molar-refractivity contribution in [3.8, 4) is 11.1 Å². The third kappa shape index (κ3) is 5.24. The number of benzene rings is 2. The summed E-state index contributed by atoms with van der Waals surface area (Å²) in [6.45, 7) is 2.19. The highest BCUT2D eigenvalue weighted by molar-refractivity contribution is 5.79. The number of ether oxygens (including phenoxy) is 1. The maximum absolute atomic E-state index is 12.5. The highest BCUT2D eigenvalue weighted by Gasteiger charge is 2.34. The van der Waals surface area contributed by atoms with Gasteiger partial charge >= 0.3 is 12.1 Å². The first-order valence-corrected chi connectivity index (χ1v) is 12.1. The van der Waals surface area contributed by atoms with Crippen LogP contribution >= 0.6 is 0 Å². The molecule has 2 aromatic carbocycles. The molecule has 34 heavy (non-hydrogen) atoms. The first-order valence-electron chi connectivity index (χ1n) is 12.1. The van der Waals surface area contributed by atoms with Crippen LogP contribution in [0.25, 0.3) is 11.1 Å². The van der Waals surface area contributed by atoms with Gasteiger partial charge in [-0.1, -0.05) is 61.9 Å². The Bertz CT molecular complexity index is 1010. The Labute approximate surface area is 199 Å². The number of hydrogen-bond acceptors (Lipinski definition) is 4. The molecule has 3 N–H and O–H groups in total. The normalized spacial score (nSPS) is 19.7. The highest BCUT2D eigenvalue weighted by Crippen LogP contribution is 2.44. The van der Waals surface area contributed by atoms with Crippen LogP contribution in [0.1, 0.15) is 62.5 Å². The standard InChI is InChI=1S/C27H32N2O5/c1-2-17(14-15-25(30)29-24-13-7-12-22(24)26(31)32)28-27(33)34-16-23-20-10-5-3-8-18(20)19-9-4-6-11-21(19)23/h3-6,8-11,17,22-24H,2,7,12-16H2,1H3,(H,28,33)(H,29,30)(H,31,32). The average molecular weight is 465 g/mol. The van der Waals surface area contributed by atoms with E-state index in [2.05, 4.69) is 34.9 Å². The van der Waals surface area contributed by atoms with Crippen molar-refractivity contribution in [2.75, 3.05) is 6.61 Å². The molecule has 2 amide bonds. The number of carbonyl (C=O) groups is 3. The Hall–Kier alpha value is -3.35. The van der Waals surface area contributed by atoms with Crippen LogP contribution < -0.4 is 10.6 Å². The van der Waals surface area contributed by atoms with Crippen molar-refractivity contribution in [3.05, 3.63) is 59.7 Å². The minimum atomic E-state index is -0.855. The molecule has 0 spiro atoms. The molecule has 180 valence electrons. The van der Waals surface area contributed by atoms with E-state index in [9.17, 15) is 19.5 Å². The number of rotatable bonds is 9. The van der Waals surface area contributed by atoms with Crippen LogP contribution in [0.2, 0.25) is 0 Å². The fraction of sp³-hybridized carbons (Fsp3) is 0.444. The second kappa shape index (κ2) is 10.7. The number of carboxylic acids is 1. The van der Waals surface area contributed by atoms with E-state index in [4.69, 9.17) is 4.74 Å². The lowest BCUT2D eigenvalue weighted by Crippen LogP contribution is -2.41. The summed E-state index contributed by atoms with van der Waals surface area (Å²) in [5.74, 6) is -1.54. The summed E-state index contributed by atoms with van der Waals surface area (Å²) in [7, 11) is 0. The number of carboxylic acid groups (broad SMARTS) is 1. The third-order valence-electron chi connectivity index (χ3n) is 7.06. The molecule has 0 bridgehead atoms. The molecule has 2 aliphatic rings. The largest absolute Gasteiger partial charge is 0.481 e. The lowest BCUT2D eigenvalue weighted by Gasteiger charge is -2.20. The van der Waals surface area contributed by atoms with Gasteiger partial charge in [-0.2, -0.15) is 0 Å². The summed E-state index contributed by atoms with van der Waals surface area (Å²) >= 11 is 0. The van der Waals surface area contributed by atoms with Crippen molar-refractivity contribution in [2.45, 2.75) is 63.5 Å². The Morgan fingerprint density at radius 2 is 1.68 bits per heavy atom. The van der Waals surface area contributed by atoms with Crippen LogP contribution in [0.3, 0.4) is 0 Å². The van der Waals surface area contributed by atoms with Crippen molar-refractivity contribution in [3.63, 3.8) is 0 Å². The predicted molar refractivity (Wildman–Crippen MR) is 128 cm³/mol. The van der Waals surface area contributed by atoms with E-state index < -0.39 is 18.0 Å². The van der Waals surface area contributed by atoms with E-state index in [-0.39, 0.29) is 36.9 Å². The zero-order valence-corrected chi connectivity index (χ0v) is 19.5. The Kier molecular flexibility index (Phi) is 7.50. The molecule has 0 saturated heterocycles. The van der Waals surface area contributed by atoms with Gasteiger partial charge in [-0.25, -0.2) is 4.79 Å². The fourth-order valence-corrected chi connectivity index (χ4v) is 5.20. The SMILES string of the molecule is CCC(CCC(=O)NC1CCCC1C(=O)O)NC(=O)OCC1c2ccccc2-c2ccccc21. The zero-order chi connectivity index (χ0) is 24.1. The van der Waals surface area contributed by atoms with E-state index in [1.165, 1.54) is 11.1 Å². The van der Waals surface area contributed by atoms with Gasteiger partial charge in [0.25, 0.3) is 0 Å². The van der Waals surface area contributed by atoms with Crippen molar-refractivity contribution in [1.29, 1.82) is 0 Å². The second-order valence-electron chi connectivity index (χ2n) is 9.16. The summed E-state index contributed by atoms with van der Waals surface area (Å²) in [4.78, 5) is 36.2. The summed E-state index contributed by atoms with van der Waals surface area (Å²) in [5, 5.41) is 15.0. The summed E-state index contributed by atoms with van der Waals surface area (Å²) in [6, 6.07) is 15.9. The van der Waals surface area contributed by atoms with Gasteiger partial charge in [-0.15, -0.1) is 0 Å². The molecule has 0 heterocycles. The molecule has 0 radical (unpaired) electrons. The van der Waals surface area contributed by atoms with E-state index in [0.29, 0.717) is 25.7 Å². The molecule has 3 unspecified atom stereocenters. The molecule has 0 aliphatic heterocycles. The lowest BCUT2D eigenvalue weighted by atomic mass is 9.98. The summed E-state index contributed by atoms with van der Waals surface area (Å²) in [5.41, 5.74) is 4.67. The Morgan fingerprint density at radius 3 is 2.29 bits per heavy atom. The predicted octanol–water partition coefficient (Wildman–Crippen LogP) is 4.45. The van der Waals surface area contributed by atoms with E-state index in [1.807, 2.05) is 31.2 Å².